The van der Waals surface area contributed by atoms with Crippen molar-refractivity contribution in [2.24, 2.45) is 5.41 Å². The standard InChI is InChI=1S/C23H23Cl2N3O2S2/c1-23(2,3)11-20(29)26-15-5-7-16(8-6-15)31-13-21(30)28-22-27-19(12-32-22)14-4-9-17(24)18(25)10-14/h4-10,12H,11,13H2,1-3H3,(H,26,29)(H,27,28,30). The average Bonchev–Trinajstić information content (AvgIpc) is 3.16. The molecule has 0 fully saturated rings. The fourth-order valence-corrected chi connectivity index (χ4v) is 4.48. The Balaban J connectivity index is 1.49. The molecule has 2 N–H and O–H groups in total. The van der Waals surface area contributed by atoms with E-state index >= 15 is 0 Å². The summed E-state index contributed by atoms with van der Waals surface area (Å²) >= 11 is 14.8. The lowest BCUT2D eigenvalue weighted by atomic mass is 9.92. The molecule has 1 aromatic heterocycles. The summed E-state index contributed by atoms with van der Waals surface area (Å²) in [5.41, 5.74) is 2.24. The van der Waals surface area contributed by atoms with Crippen LogP contribution in [0.15, 0.2) is 52.7 Å². The molecule has 0 unspecified atom stereocenters. The molecule has 0 aliphatic rings. The van der Waals surface area contributed by atoms with Crippen LogP contribution >= 0.6 is 46.3 Å². The first kappa shape index (κ1) is 24.6. The molecule has 0 saturated heterocycles. The lowest BCUT2D eigenvalue weighted by molar-refractivity contribution is -0.118. The second-order valence-corrected chi connectivity index (χ2v) is 11.0. The fraction of sp³-hybridized carbons (Fsp3) is 0.261. The maximum atomic E-state index is 12.3. The molecule has 0 saturated carbocycles. The highest BCUT2D eigenvalue weighted by Gasteiger charge is 2.16. The minimum absolute atomic E-state index is 0.0130. The molecule has 0 aliphatic carbocycles. The average molecular weight is 508 g/mol. The Hall–Kier alpha value is -2.06. The molecule has 0 atom stereocenters. The number of rotatable bonds is 7. The monoisotopic (exact) mass is 507 g/mol. The van der Waals surface area contributed by atoms with Gasteiger partial charge in [0.05, 0.1) is 21.5 Å². The number of hydrogen-bond donors (Lipinski definition) is 2. The van der Waals surface area contributed by atoms with Crippen LogP contribution in [-0.2, 0) is 9.59 Å². The molecule has 3 rings (SSSR count). The molecule has 0 spiro atoms. The number of anilines is 2. The van der Waals surface area contributed by atoms with Crippen LogP contribution < -0.4 is 10.6 Å². The Bertz CT molecular complexity index is 1110. The zero-order chi connectivity index (χ0) is 23.3. The van der Waals surface area contributed by atoms with Gasteiger partial charge in [-0.05, 0) is 41.8 Å². The third-order valence-electron chi connectivity index (χ3n) is 4.16. The molecule has 0 radical (unpaired) electrons. The van der Waals surface area contributed by atoms with E-state index in [2.05, 4.69) is 15.6 Å². The molecule has 5 nitrogen and oxygen atoms in total. The van der Waals surface area contributed by atoms with Gasteiger partial charge in [-0.2, -0.15) is 0 Å². The van der Waals surface area contributed by atoms with Crippen LogP contribution in [0.4, 0.5) is 10.8 Å². The molecule has 32 heavy (non-hydrogen) atoms. The summed E-state index contributed by atoms with van der Waals surface area (Å²) in [4.78, 5) is 29.7. The quantitative estimate of drug-likeness (QED) is 0.331. The largest absolute Gasteiger partial charge is 0.326 e. The molecule has 2 amide bonds. The van der Waals surface area contributed by atoms with Gasteiger partial charge in [0.15, 0.2) is 5.13 Å². The highest BCUT2D eigenvalue weighted by molar-refractivity contribution is 8.00. The first-order valence-electron chi connectivity index (χ1n) is 9.82. The third-order valence-corrected chi connectivity index (χ3v) is 6.67. The number of thiazole rings is 1. The van der Waals surface area contributed by atoms with Crippen LogP contribution in [0.3, 0.4) is 0 Å². The van der Waals surface area contributed by atoms with Crippen LogP contribution in [0, 0.1) is 5.41 Å². The van der Waals surface area contributed by atoms with E-state index in [4.69, 9.17) is 23.2 Å². The van der Waals surface area contributed by atoms with Crippen LogP contribution in [0.5, 0.6) is 0 Å². The Kier molecular flexibility index (Phi) is 8.22. The van der Waals surface area contributed by atoms with Gasteiger partial charge in [-0.25, -0.2) is 4.98 Å². The molecular weight excluding hydrogens is 485 g/mol. The summed E-state index contributed by atoms with van der Waals surface area (Å²) in [6.07, 6.45) is 0.452. The van der Waals surface area contributed by atoms with Crippen LogP contribution in [0.25, 0.3) is 11.3 Å². The maximum absolute atomic E-state index is 12.3. The molecule has 2 aromatic carbocycles. The predicted molar refractivity (Wildman–Crippen MR) is 136 cm³/mol. The van der Waals surface area contributed by atoms with E-state index in [0.717, 1.165) is 21.8 Å². The summed E-state index contributed by atoms with van der Waals surface area (Å²) < 4.78 is 0. The van der Waals surface area contributed by atoms with Crippen molar-refractivity contribution in [3.63, 3.8) is 0 Å². The molecular formula is C23H23Cl2N3O2S2. The third kappa shape index (κ3) is 7.52. The van der Waals surface area contributed by atoms with E-state index in [9.17, 15) is 9.59 Å². The Morgan fingerprint density at radius 1 is 1.00 bits per heavy atom. The number of benzene rings is 2. The van der Waals surface area contributed by atoms with Gasteiger partial charge in [-0.1, -0.05) is 50.0 Å². The predicted octanol–water partition coefficient (Wildman–Crippen LogP) is 7.22. The number of nitrogens with one attached hydrogen (secondary N) is 2. The number of carbonyl (C=O) groups excluding carboxylic acids is 2. The number of hydrogen-bond acceptors (Lipinski definition) is 5. The van der Waals surface area contributed by atoms with Crippen molar-refractivity contribution in [2.45, 2.75) is 32.1 Å². The van der Waals surface area contributed by atoms with Gasteiger partial charge < -0.3 is 10.6 Å². The Labute approximate surface area is 205 Å². The SMILES string of the molecule is CC(C)(C)CC(=O)Nc1ccc(SCC(=O)Nc2nc(-c3ccc(Cl)c(Cl)c3)cs2)cc1. The fourth-order valence-electron chi connectivity index (χ4n) is 2.74. The highest BCUT2D eigenvalue weighted by Crippen LogP contribution is 2.30. The molecule has 3 aromatic rings. The summed E-state index contributed by atoms with van der Waals surface area (Å²) in [5, 5.41) is 9.03. The van der Waals surface area contributed by atoms with Crippen LogP contribution in [0.2, 0.25) is 10.0 Å². The van der Waals surface area contributed by atoms with E-state index in [0.29, 0.717) is 21.6 Å². The van der Waals surface area contributed by atoms with Gasteiger partial charge in [0.1, 0.15) is 0 Å². The Morgan fingerprint density at radius 2 is 1.72 bits per heavy atom. The van der Waals surface area contributed by atoms with E-state index in [1.54, 1.807) is 12.1 Å². The minimum Gasteiger partial charge on any atom is -0.326 e. The van der Waals surface area contributed by atoms with Gasteiger partial charge >= 0.3 is 0 Å². The number of nitrogens with zero attached hydrogens (tertiary/aromatic N) is 1. The molecule has 9 heteroatoms. The molecule has 0 aliphatic heterocycles. The topological polar surface area (TPSA) is 71.1 Å². The van der Waals surface area contributed by atoms with E-state index in [1.165, 1.54) is 23.1 Å². The lowest BCUT2D eigenvalue weighted by Crippen LogP contribution is -2.19. The summed E-state index contributed by atoms with van der Waals surface area (Å²) in [6, 6.07) is 12.7. The van der Waals surface area contributed by atoms with Gasteiger partial charge in [-0.15, -0.1) is 23.1 Å². The Morgan fingerprint density at radius 3 is 2.38 bits per heavy atom. The normalized spacial score (nSPS) is 11.3. The van der Waals surface area contributed by atoms with Crippen LogP contribution in [-0.4, -0.2) is 22.6 Å². The summed E-state index contributed by atoms with van der Waals surface area (Å²) in [6.45, 7) is 6.07. The van der Waals surface area contributed by atoms with Gasteiger partial charge in [0.25, 0.3) is 0 Å². The molecule has 168 valence electrons. The zero-order valence-corrected chi connectivity index (χ0v) is 21.0. The number of halogens is 2. The van der Waals surface area contributed by atoms with Gasteiger partial charge in [0.2, 0.25) is 11.8 Å². The first-order valence-corrected chi connectivity index (χ1v) is 12.4. The van der Waals surface area contributed by atoms with Crippen molar-refractivity contribution in [3.8, 4) is 11.3 Å². The number of thioether (sulfide) groups is 1. The second kappa shape index (κ2) is 10.7. The first-order chi connectivity index (χ1) is 15.1. The van der Waals surface area contributed by atoms with E-state index in [1.807, 2.05) is 56.5 Å². The van der Waals surface area contributed by atoms with Crippen molar-refractivity contribution in [3.05, 3.63) is 57.9 Å². The number of carbonyl (C=O) groups is 2. The zero-order valence-electron chi connectivity index (χ0n) is 17.9. The van der Waals surface area contributed by atoms with E-state index in [-0.39, 0.29) is 23.0 Å². The molecule has 0 bridgehead atoms. The van der Waals surface area contributed by atoms with Crippen molar-refractivity contribution in [1.29, 1.82) is 0 Å². The smallest absolute Gasteiger partial charge is 0.236 e. The minimum atomic E-state index is -0.146. The molecule has 1 heterocycles. The van der Waals surface area contributed by atoms with E-state index < -0.39 is 0 Å². The van der Waals surface area contributed by atoms with Gasteiger partial charge in [0, 0.05) is 27.9 Å². The second-order valence-electron chi connectivity index (χ2n) is 8.31. The maximum Gasteiger partial charge on any atom is 0.236 e. The summed E-state index contributed by atoms with van der Waals surface area (Å²) in [7, 11) is 0. The number of amides is 2. The van der Waals surface area contributed by atoms with Crippen molar-refractivity contribution < 1.29 is 9.59 Å². The van der Waals surface area contributed by atoms with Crippen molar-refractivity contribution in [2.75, 3.05) is 16.4 Å². The summed E-state index contributed by atoms with van der Waals surface area (Å²) in [5.74, 6) is 0.0887. The van der Waals surface area contributed by atoms with Crippen molar-refractivity contribution in [1.82, 2.24) is 4.98 Å². The van der Waals surface area contributed by atoms with Crippen molar-refractivity contribution >= 4 is 68.9 Å². The van der Waals surface area contributed by atoms with Crippen LogP contribution in [0.1, 0.15) is 27.2 Å². The lowest BCUT2D eigenvalue weighted by Gasteiger charge is -2.17. The number of aromatic nitrogens is 1. The van der Waals surface area contributed by atoms with Gasteiger partial charge in [-0.3, -0.25) is 9.59 Å². The highest BCUT2D eigenvalue weighted by atomic mass is 35.5.